The van der Waals surface area contributed by atoms with Crippen LogP contribution in [0.15, 0.2) is 59.5 Å². The van der Waals surface area contributed by atoms with Gasteiger partial charge in [-0.3, -0.25) is 14.4 Å². The van der Waals surface area contributed by atoms with Gasteiger partial charge in [0.05, 0.1) is 11.4 Å². The van der Waals surface area contributed by atoms with Crippen molar-refractivity contribution in [1.82, 2.24) is 15.4 Å². The van der Waals surface area contributed by atoms with Crippen molar-refractivity contribution < 1.29 is 22.8 Å². The molecular formula is C19H22N4O5S. The van der Waals surface area contributed by atoms with Crippen LogP contribution < -0.4 is 20.7 Å². The van der Waals surface area contributed by atoms with Gasteiger partial charge in [-0.25, -0.2) is 13.1 Å². The topological polar surface area (TPSA) is 133 Å². The zero-order valence-electron chi connectivity index (χ0n) is 15.8. The predicted molar refractivity (Wildman–Crippen MR) is 108 cm³/mol. The van der Waals surface area contributed by atoms with Gasteiger partial charge in [-0.05, 0) is 36.4 Å². The molecule has 154 valence electrons. The molecule has 10 heteroatoms. The number of nitrogens with one attached hydrogen (secondary N) is 4. The largest absolute Gasteiger partial charge is 0.353 e. The molecule has 2 aromatic carbocycles. The molecule has 0 spiro atoms. The van der Waals surface area contributed by atoms with Gasteiger partial charge >= 0.3 is 0 Å². The number of anilines is 1. The molecule has 0 aliphatic carbocycles. The maximum absolute atomic E-state index is 12.2. The first-order chi connectivity index (χ1) is 13.8. The average molecular weight is 418 g/mol. The summed E-state index contributed by atoms with van der Waals surface area (Å²) in [4.78, 5) is 34.6. The van der Waals surface area contributed by atoms with E-state index < -0.39 is 15.9 Å². The molecule has 2 aromatic rings. The standard InChI is InChI=1S/C19H22N4O5S/c1-14(24)23-16-7-9-17(10-8-16)29(27,28)22-12-11-20-18(25)13-21-19(26)15-5-3-2-4-6-15/h2-10,22H,11-13H2,1H3,(H,20,25)(H,21,26)(H,23,24). The molecule has 0 aliphatic rings. The number of sulfonamides is 1. The second-order valence-electron chi connectivity index (χ2n) is 6.00. The van der Waals surface area contributed by atoms with Gasteiger partial charge in [-0.15, -0.1) is 0 Å². The van der Waals surface area contributed by atoms with Crippen molar-refractivity contribution >= 4 is 33.4 Å². The van der Waals surface area contributed by atoms with Crippen molar-refractivity contribution in [1.29, 1.82) is 0 Å². The summed E-state index contributed by atoms with van der Waals surface area (Å²) in [5.74, 6) is -1.06. The van der Waals surface area contributed by atoms with Gasteiger partial charge in [-0.1, -0.05) is 18.2 Å². The highest BCUT2D eigenvalue weighted by atomic mass is 32.2. The lowest BCUT2D eigenvalue weighted by atomic mass is 10.2. The van der Waals surface area contributed by atoms with Crippen LogP contribution >= 0.6 is 0 Å². The molecule has 4 N–H and O–H groups in total. The molecule has 29 heavy (non-hydrogen) atoms. The molecule has 0 aromatic heterocycles. The molecule has 9 nitrogen and oxygen atoms in total. The summed E-state index contributed by atoms with van der Waals surface area (Å²) < 4.78 is 26.8. The first kappa shape index (κ1) is 22.1. The summed E-state index contributed by atoms with van der Waals surface area (Å²) in [6, 6.07) is 14.2. The Morgan fingerprint density at radius 1 is 0.862 bits per heavy atom. The van der Waals surface area contributed by atoms with Crippen LogP contribution in [0.4, 0.5) is 5.69 Å². The van der Waals surface area contributed by atoms with Crippen LogP contribution in [-0.2, 0) is 19.6 Å². The van der Waals surface area contributed by atoms with E-state index in [2.05, 4.69) is 20.7 Å². The number of benzene rings is 2. The van der Waals surface area contributed by atoms with E-state index in [0.717, 1.165) is 0 Å². The Hall–Kier alpha value is -3.24. The van der Waals surface area contributed by atoms with Crippen molar-refractivity contribution in [3.05, 3.63) is 60.2 Å². The number of carbonyl (C=O) groups is 3. The number of carbonyl (C=O) groups excluding carboxylic acids is 3. The first-order valence-electron chi connectivity index (χ1n) is 8.75. The SMILES string of the molecule is CC(=O)Nc1ccc(S(=O)(=O)NCCNC(=O)CNC(=O)c2ccccc2)cc1. The summed E-state index contributed by atoms with van der Waals surface area (Å²) in [6.45, 7) is 1.18. The normalized spacial score (nSPS) is 10.8. The summed E-state index contributed by atoms with van der Waals surface area (Å²) >= 11 is 0. The van der Waals surface area contributed by atoms with Gasteiger partial charge in [0, 0.05) is 31.3 Å². The minimum atomic E-state index is -3.75. The van der Waals surface area contributed by atoms with E-state index in [9.17, 15) is 22.8 Å². The van der Waals surface area contributed by atoms with Crippen LogP contribution in [0.1, 0.15) is 17.3 Å². The maximum atomic E-state index is 12.2. The number of hydrogen-bond acceptors (Lipinski definition) is 5. The third-order valence-electron chi connectivity index (χ3n) is 3.67. The van der Waals surface area contributed by atoms with Crippen LogP contribution in [0.5, 0.6) is 0 Å². The third kappa shape index (κ3) is 7.35. The fraction of sp³-hybridized carbons (Fsp3) is 0.211. The number of rotatable bonds is 9. The lowest BCUT2D eigenvalue weighted by molar-refractivity contribution is -0.120. The summed E-state index contributed by atoms with van der Waals surface area (Å²) in [5.41, 5.74) is 0.929. The minimum Gasteiger partial charge on any atom is -0.353 e. The zero-order valence-corrected chi connectivity index (χ0v) is 16.6. The van der Waals surface area contributed by atoms with Crippen molar-refractivity contribution in [2.45, 2.75) is 11.8 Å². The van der Waals surface area contributed by atoms with Crippen LogP contribution in [0, 0.1) is 0 Å². The van der Waals surface area contributed by atoms with E-state index in [4.69, 9.17) is 0 Å². The molecule has 0 aliphatic heterocycles. The fourth-order valence-electron chi connectivity index (χ4n) is 2.31. The van der Waals surface area contributed by atoms with Crippen LogP contribution in [0.3, 0.4) is 0 Å². The van der Waals surface area contributed by atoms with Gasteiger partial charge in [0.1, 0.15) is 0 Å². The summed E-state index contributed by atoms with van der Waals surface area (Å²) in [7, 11) is -3.75. The van der Waals surface area contributed by atoms with E-state index in [1.54, 1.807) is 30.3 Å². The Bertz CT molecular complexity index is 960. The van der Waals surface area contributed by atoms with Gasteiger partial charge in [0.15, 0.2) is 0 Å². The Morgan fingerprint density at radius 3 is 2.14 bits per heavy atom. The Kier molecular flexibility index (Phi) is 7.87. The van der Waals surface area contributed by atoms with E-state index in [1.807, 2.05) is 0 Å². The minimum absolute atomic E-state index is 0.0197. The van der Waals surface area contributed by atoms with Gasteiger partial charge < -0.3 is 16.0 Å². The average Bonchev–Trinajstić information content (AvgIpc) is 2.70. The molecule has 0 fully saturated rings. The van der Waals surface area contributed by atoms with Gasteiger partial charge in [0.25, 0.3) is 5.91 Å². The van der Waals surface area contributed by atoms with Crippen molar-refractivity contribution in [2.24, 2.45) is 0 Å². The lowest BCUT2D eigenvalue weighted by Gasteiger charge is -2.09. The van der Waals surface area contributed by atoms with Gasteiger partial charge in [0.2, 0.25) is 21.8 Å². The molecule has 0 heterocycles. The molecule has 2 rings (SSSR count). The van der Waals surface area contributed by atoms with E-state index in [0.29, 0.717) is 11.3 Å². The maximum Gasteiger partial charge on any atom is 0.251 e. The monoisotopic (exact) mass is 418 g/mol. The molecular weight excluding hydrogens is 396 g/mol. The molecule has 0 saturated carbocycles. The van der Waals surface area contributed by atoms with Crippen molar-refractivity contribution in [3.8, 4) is 0 Å². The quantitative estimate of drug-likeness (QED) is 0.439. The first-order valence-corrected chi connectivity index (χ1v) is 10.2. The molecule has 0 atom stereocenters. The molecule has 0 saturated heterocycles. The summed E-state index contributed by atoms with van der Waals surface area (Å²) in [5, 5.41) is 7.54. The smallest absolute Gasteiger partial charge is 0.251 e. The van der Waals surface area contributed by atoms with E-state index in [1.165, 1.54) is 31.2 Å². The van der Waals surface area contributed by atoms with Crippen LogP contribution in [-0.4, -0.2) is 45.8 Å². The Balaban J connectivity index is 1.72. The fourth-order valence-corrected chi connectivity index (χ4v) is 3.34. The van der Waals surface area contributed by atoms with E-state index >= 15 is 0 Å². The number of hydrogen-bond donors (Lipinski definition) is 4. The van der Waals surface area contributed by atoms with E-state index in [-0.39, 0.29) is 36.3 Å². The van der Waals surface area contributed by atoms with Crippen LogP contribution in [0.25, 0.3) is 0 Å². The highest BCUT2D eigenvalue weighted by molar-refractivity contribution is 7.89. The number of amides is 3. The molecule has 0 radical (unpaired) electrons. The Labute approximate surface area is 168 Å². The second kappa shape index (κ2) is 10.3. The highest BCUT2D eigenvalue weighted by Crippen LogP contribution is 2.13. The predicted octanol–water partition coefficient (Wildman–Crippen LogP) is 0.470. The molecule has 0 unspecified atom stereocenters. The Morgan fingerprint density at radius 2 is 1.52 bits per heavy atom. The lowest BCUT2D eigenvalue weighted by Crippen LogP contribution is -2.40. The van der Waals surface area contributed by atoms with Crippen molar-refractivity contribution in [2.75, 3.05) is 25.0 Å². The molecule has 3 amide bonds. The zero-order chi connectivity index (χ0) is 21.3. The van der Waals surface area contributed by atoms with Crippen molar-refractivity contribution in [3.63, 3.8) is 0 Å². The second-order valence-corrected chi connectivity index (χ2v) is 7.77. The summed E-state index contributed by atoms with van der Waals surface area (Å²) in [6.07, 6.45) is 0. The third-order valence-corrected chi connectivity index (χ3v) is 5.15. The van der Waals surface area contributed by atoms with Crippen LogP contribution in [0.2, 0.25) is 0 Å². The van der Waals surface area contributed by atoms with Gasteiger partial charge in [-0.2, -0.15) is 0 Å². The molecule has 0 bridgehead atoms. The highest BCUT2D eigenvalue weighted by Gasteiger charge is 2.13.